The summed E-state index contributed by atoms with van der Waals surface area (Å²) in [5.41, 5.74) is 0.764. The molecule has 1 N–H and O–H groups in total. The number of fused-ring (bicyclic) bond motifs is 1. The molecule has 1 aromatic carbocycles. The van der Waals surface area contributed by atoms with Gasteiger partial charge in [-0.2, -0.15) is 0 Å². The van der Waals surface area contributed by atoms with E-state index in [0.29, 0.717) is 5.58 Å². The van der Waals surface area contributed by atoms with Gasteiger partial charge in [0.2, 0.25) is 11.2 Å². The Bertz CT molecular complexity index is 439. The van der Waals surface area contributed by atoms with Crippen LogP contribution in [0.2, 0.25) is 5.02 Å². The van der Waals surface area contributed by atoms with Crippen molar-refractivity contribution >= 4 is 28.7 Å². The number of aromatic carboxylic acids is 1. The van der Waals surface area contributed by atoms with Gasteiger partial charge in [-0.3, -0.25) is 9.15 Å². The Morgan fingerprint density at radius 2 is 2.17 bits per heavy atom. The van der Waals surface area contributed by atoms with Gasteiger partial charge >= 0.3 is 5.97 Å². The Hall–Kier alpha value is -1.42. The molecule has 0 saturated heterocycles. The van der Waals surface area contributed by atoms with Crippen molar-refractivity contribution in [3.63, 3.8) is 0 Å². The zero-order valence-corrected chi connectivity index (χ0v) is 6.46. The third-order valence-electron chi connectivity index (χ3n) is 1.51. The van der Waals surface area contributed by atoms with E-state index in [1.54, 1.807) is 0 Å². The second-order valence-corrected chi connectivity index (χ2v) is 2.60. The van der Waals surface area contributed by atoms with Gasteiger partial charge in [-0.15, -0.1) is 0 Å². The van der Waals surface area contributed by atoms with Crippen molar-refractivity contribution in [2.75, 3.05) is 0 Å². The summed E-state index contributed by atoms with van der Waals surface area (Å²) in [7, 11) is 0. The van der Waals surface area contributed by atoms with Crippen LogP contribution in [0.3, 0.4) is 0 Å². The van der Waals surface area contributed by atoms with Crippen LogP contribution >= 0.6 is 11.6 Å². The summed E-state index contributed by atoms with van der Waals surface area (Å²) in [6, 6.07) is 2.86. The molecule has 0 saturated carbocycles. The highest BCUT2D eigenvalue weighted by Gasteiger charge is 2.17. The fourth-order valence-corrected chi connectivity index (χ4v) is 1.17. The van der Waals surface area contributed by atoms with Crippen LogP contribution in [-0.2, 0) is 0 Å². The molecule has 0 aliphatic carbocycles. The largest absolute Gasteiger partial charge is 0.478 e. The fraction of sp³-hybridized carbons (Fsp3) is 0. The summed E-state index contributed by atoms with van der Waals surface area (Å²) in [6.45, 7) is 0. The number of carboxylic acid groups (broad SMARTS) is 1. The molecule has 12 heavy (non-hydrogen) atoms. The lowest BCUT2D eigenvalue weighted by molar-refractivity contribution is 0.0583. The lowest BCUT2D eigenvalue weighted by Crippen LogP contribution is -1.97. The molecule has 1 heterocycles. The summed E-state index contributed by atoms with van der Waals surface area (Å²) in [5.74, 6) is -1.08. The van der Waals surface area contributed by atoms with E-state index in [-0.39, 0.29) is 16.2 Å². The van der Waals surface area contributed by atoms with Gasteiger partial charge in [0.15, 0.2) is 0 Å². The molecular weight excluding hydrogens is 184 g/mol. The normalized spacial score (nSPS) is 10.8. The number of carboxylic acids is 1. The molecule has 0 atom stereocenters. The second-order valence-electron chi connectivity index (χ2n) is 2.23. The van der Waals surface area contributed by atoms with Crippen LogP contribution in [0.5, 0.6) is 0 Å². The number of rotatable bonds is 1. The van der Waals surface area contributed by atoms with Gasteiger partial charge in [0.05, 0.1) is 5.56 Å². The number of hydrogen-bond donors (Lipinski definition) is 1. The van der Waals surface area contributed by atoms with Crippen LogP contribution < -0.4 is 0 Å². The Morgan fingerprint density at radius 3 is 2.67 bits per heavy atom. The molecule has 0 aliphatic rings. The van der Waals surface area contributed by atoms with Crippen LogP contribution in [0.25, 0.3) is 11.2 Å². The van der Waals surface area contributed by atoms with Crippen LogP contribution in [0.15, 0.2) is 21.3 Å². The standard InChI is InChI=1S/C7H3ClO4/c8-5-3(7(9)10)1-2-4-6(5)12-11-4/h1-2H,(H,9,10). The molecule has 0 bridgehead atoms. The van der Waals surface area contributed by atoms with E-state index >= 15 is 0 Å². The van der Waals surface area contributed by atoms with Crippen LogP contribution in [0.4, 0.5) is 0 Å². The maximum absolute atomic E-state index is 10.5. The first kappa shape index (κ1) is 7.24. The van der Waals surface area contributed by atoms with Gasteiger partial charge in [0.25, 0.3) is 0 Å². The van der Waals surface area contributed by atoms with Crippen molar-refractivity contribution in [3.8, 4) is 0 Å². The maximum atomic E-state index is 10.5. The third-order valence-corrected chi connectivity index (χ3v) is 1.88. The van der Waals surface area contributed by atoms with Crippen molar-refractivity contribution in [1.82, 2.24) is 0 Å². The zero-order valence-electron chi connectivity index (χ0n) is 5.70. The second kappa shape index (κ2) is 2.28. The molecule has 0 fully saturated rings. The summed E-state index contributed by atoms with van der Waals surface area (Å²) in [5, 5.41) is 8.70. The van der Waals surface area contributed by atoms with Gasteiger partial charge in [0, 0.05) is 0 Å². The van der Waals surface area contributed by atoms with Gasteiger partial charge in [-0.25, -0.2) is 4.79 Å². The average molecular weight is 187 g/mol. The zero-order chi connectivity index (χ0) is 8.72. The van der Waals surface area contributed by atoms with Gasteiger partial charge in [-0.05, 0) is 12.1 Å². The highest BCUT2D eigenvalue weighted by molar-refractivity contribution is 6.37. The van der Waals surface area contributed by atoms with E-state index in [0.717, 1.165) is 0 Å². The minimum Gasteiger partial charge on any atom is -0.478 e. The molecule has 4 nitrogen and oxygen atoms in total. The molecule has 2 rings (SSSR count). The number of carbonyl (C=O) groups is 1. The molecule has 0 spiro atoms. The predicted octanol–water partition coefficient (Wildman–Crippen LogP) is 2.38. The maximum Gasteiger partial charge on any atom is 0.337 e. The van der Waals surface area contributed by atoms with Crippen LogP contribution in [0, 0.1) is 0 Å². The molecule has 0 aliphatic heterocycles. The van der Waals surface area contributed by atoms with E-state index in [2.05, 4.69) is 9.15 Å². The Kier molecular flexibility index (Phi) is 1.38. The Morgan fingerprint density at radius 1 is 1.42 bits per heavy atom. The van der Waals surface area contributed by atoms with Crippen molar-refractivity contribution in [2.45, 2.75) is 0 Å². The molecule has 1 aromatic heterocycles. The van der Waals surface area contributed by atoms with Crippen LogP contribution in [0.1, 0.15) is 10.4 Å². The number of hydrogen-bond acceptors (Lipinski definition) is 3. The molecular formula is C7H3ClO4. The first-order valence-corrected chi connectivity index (χ1v) is 3.48. The Balaban J connectivity index is 2.72. The summed E-state index contributed by atoms with van der Waals surface area (Å²) >= 11 is 5.66. The summed E-state index contributed by atoms with van der Waals surface area (Å²) in [4.78, 5) is 10.5. The van der Waals surface area contributed by atoms with Gasteiger partial charge in [0.1, 0.15) is 5.02 Å². The fourth-order valence-electron chi connectivity index (χ4n) is 0.899. The Labute approximate surface area is 71.3 Å². The molecule has 0 radical (unpaired) electrons. The number of benzene rings is 1. The van der Waals surface area contributed by atoms with Crippen molar-refractivity contribution in [1.29, 1.82) is 0 Å². The van der Waals surface area contributed by atoms with E-state index in [9.17, 15) is 4.79 Å². The van der Waals surface area contributed by atoms with Gasteiger partial charge < -0.3 is 5.11 Å². The lowest BCUT2D eigenvalue weighted by Gasteiger charge is -2.01. The third kappa shape index (κ3) is 0.816. The summed E-state index contributed by atoms with van der Waals surface area (Å²) < 4.78 is 9.02. The minimum absolute atomic E-state index is 0.0127. The van der Waals surface area contributed by atoms with E-state index in [1.165, 1.54) is 12.1 Å². The quantitative estimate of drug-likeness (QED) is 0.695. The average Bonchev–Trinajstić information content (AvgIpc) is 1.92. The molecule has 2 aromatic rings. The van der Waals surface area contributed by atoms with Crippen molar-refractivity contribution in [2.24, 2.45) is 0 Å². The van der Waals surface area contributed by atoms with Crippen molar-refractivity contribution < 1.29 is 19.1 Å². The van der Waals surface area contributed by atoms with E-state index in [1.807, 2.05) is 0 Å². The molecule has 62 valence electrons. The highest BCUT2D eigenvalue weighted by atomic mass is 35.5. The SMILES string of the molecule is O=C(O)c1ccc2ooc2c1Cl. The lowest BCUT2D eigenvalue weighted by atomic mass is 10.2. The first-order valence-electron chi connectivity index (χ1n) is 3.10. The molecule has 5 heteroatoms. The topological polar surface area (TPSA) is 63.6 Å². The van der Waals surface area contributed by atoms with Crippen LogP contribution in [-0.4, -0.2) is 11.1 Å². The molecule has 0 amide bonds. The van der Waals surface area contributed by atoms with E-state index in [4.69, 9.17) is 16.7 Å². The molecule has 0 unspecified atom stereocenters. The highest BCUT2D eigenvalue weighted by Crippen LogP contribution is 2.29. The van der Waals surface area contributed by atoms with E-state index < -0.39 is 5.97 Å². The minimum atomic E-state index is -1.08. The van der Waals surface area contributed by atoms with Crippen molar-refractivity contribution in [3.05, 3.63) is 22.7 Å². The van der Waals surface area contributed by atoms with Gasteiger partial charge in [-0.1, -0.05) is 11.6 Å². The number of halogens is 1. The predicted molar refractivity (Wildman–Crippen MR) is 40.4 cm³/mol. The summed E-state index contributed by atoms with van der Waals surface area (Å²) in [6.07, 6.45) is 0. The smallest absolute Gasteiger partial charge is 0.337 e. The monoisotopic (exact) mass is 186 g/mol. The first-order chi connectivity index (χ1) is 5.70.